The SMILES string of the molecule is CCOC(=O)CCCN(CC(=O)N(CCc1ccccc1)Cc1ccc(C)o1)C(C)CC. The highest BCUT2D eigenvalue weighted by Crippen LogP contribution is 2.13. The van der Waals surface area contributed by atoms with Crippen molar-refractivity contribution in [3.8, 4) is 0 Å². The maximum Gasteiger partial charge on any atom is 0.305 e. The van der Waals surface area contributed by atoms with Crippen molar-refractivity contribution < 1.29 is 18.7 Å². The fourth-order valence-corrected chi connectivity index (χ4v) is 3.61. The molecule has 1 unspecified atom stereocenters. The lowest BCUT2D eigenvalue weighted by Crippen LogP contribution is -2.44. The number of hydrogen-bond acceptors (Lipinski definition) is 5. The van der Waals surface area contributed by atoms with Crippen LogP contribution in [0.1, 0.15) is 57.1 Å². The number of carbonyl (C=O) groups excluding carboxylic acids is 2. The summed E-state index contributed by atoms with van der Waals surface area (Å²) in [5, 5.41) is 0. The summed E-state index contributed by atoms with van der Waals surface area (Å²) in [6.45, 7) is 10.5. The Morgan fingerprint density at radius 1 is 1.06 bits per heavy atom. The number of benzene rings is 1. The number of rotatable bonds is 14. The molecule has 176 valence electrons. The number of nitrogens with zero attached hydrogens (tertiary/aromatic N) is 2. The first-order valence-electron chi connectivity index (χ1n) is 11.7. The van der Waals surface area contributed by atoms with Crippen molar-refractivity contribution in [3.05, 3.63) is 59.5 Å². The van der Waals surface area contributed by atoms with Crippen molar-refractivity contribution in [3.63, 3.8) is 0 Å². The van der Waals surface area contributed by atoms with Crippen LogP contribution in [0.5, 0.6) is 0 Å². The second kappa shape index (κ2) is 13.7. The van der Waals surface area contributed by atoms with E-state index in [-0.39, 0.29) is 17.9 Å². The average Bonchev–Trinajstić information content (AvgIpc) is 3.20. The van der Waals surface area contributed by atoms with Crippen LogP contribution in [0.2, 0.25) is 0 Å². The van der Waals surface area contributed by atoms with E-state index >= 15 is 0 Å². The molecule has 0 aliphatic carbocycles. The summed E-state index contributed by atoms with van der Waals surface area (Å²) in [5.74, 6) is 1.53. The molecule has 1 aromatic heterocycles. The second-order valence-corrected chi connectivity index (χ2v) is 8.20. The molecule has 0 bridgehead atoms. The molecule has 2 rings (SSSR count). The lowest BCUT2D eigenvalue weighted by Gasteiger charge is -2.31. The highest BCUT2D eigenvalue weighted by molar-refractivity contribution is 5.78. The zero-order valence-electron chi connectivity index (χ0n) is 20.0. The summed E-state index contributed by atoms with van der Waals surface area (Å²) < 4.78 is 10.8. The van der Waals surface area contributed by atoms with Gasteiger partial charge in [0.2, 0.25) is 5.91 Å². The van der Waals surface area contributed by atoms with Crippen molar-refractivity contribution in [2.24, 2.45) is 0 Å². The normalized spacial score (nSPS) is 12.0. The molecule has 0 radical (unpaired) electrons. The number of ether oxygens (including phenoxy) is 1. The maximum absolute atomic E-state index is 13.4. The van der Waals surface area contributed by atoms with Crippen LogP contribution in [-0.2, 0) is 27.3 Å². The quantitative estimate of drug-likeness (QED) is 0.400. The smallest absolute Gasteiger partial charge is 0.305 e. The fourth-order valence-electron chi connectivity index (χ4n) is 3.61. The molecule has 6 nitrogen and oxygen atoms in total. The molecule has 0 fully saturated rings. The van der Waals surface area contributed by atoms with Gasteiger partial charge in [0.15, 0.2) is 0 Å². The molecule has 1 heterocycles. The Labute approximate surface area is 192 Å². The van der Waals surface area contributed by atoms with Crippen molar-refractivity contribution in [1.29, 1.82) is 0 Å². The minimum Gasteiger partial charge on any atom is -0.466 e. The van der Waals surface area contributed by atoms with Gasteiger partial charge in [-0.1, -0.05) is 37.3 Å². The van der Waals surface area contributed by atoms with Crippen LogP contribution in [0.15, 0.2) is 46.9 Å². The first kappa shape index (κ1) is 25.7. The predicted molar refractivity (Wildman–Crippen MR) is 126 cm³/mol. The Hall–Kier alpha value is -2.60. The second-order valence-electron chi connectivity index (χ2n) is 8.20. The topological polar surface area (TPSA) is 63.0 Å². The van der Waals surface area contributed by atoms with Crippen molar-refractivity contribution >= 4 is 11.9 Å². The van der Waals surface area contributed by atoms with Crippen LogP contribution in [-0.4, -0.2) is 54.0 Å². The third-order valence-corrected chi connectivity index (χ3v) is 5.69. The number of amides is 1. The van der Waals surface area contributed by atoms with Crippen LogP contribution < -0.4 is 0 Å². The van der Waals surface area contributed by atoms with Crippen molar-refractivity contribution in [2.75, 3.05) is 26.2 Å². The van der Waals surface area contributed by atoms with E-state index in [0.717, 1.165) is 24.4 Å². The molecule has 2 aromatic rings. The number of aryl methyl sites for hydroxylation is 1. The van der Waals surface area contributed by atoms with Gasteiger partial charge in [0.1, 0.15) is 11.5 Å². The molecule has 6 heteroatoms. The van der Waals surface area contributed by atoms with E-state index in [1.165, 1.54) is 5.56 Å². The van der Waals surface area contributed by atoms with E-state index in [9.17, 15) is 9.59 Å². The summed E-state index contributed by atoms with van der Waals surface area (Å²) in [5.41, 5.74) is 1.20. The van der Waals surface area contributed by atoms with Gasteiger partial charge in [0.25, 0.3) is 0 Å². The van der Waals surface area contributed by atoms with E-state index in [0.29, 0.717) is 45.6 Å². The van der Waals surface area contributed by atoms with Crippen molar-refractivity contribution in [1.82, 2.24) is 9.80 Å². The molecule has 0 aliphatic rings. The lowest BCUT2D eigenvalue weighted by molar-refractivity contribution is -0.143. The van der Waals surface area contributed by atoms with Crippen LogP contribution in [0, 0.1) is 6.92 Å². The molecule has 0 N–H and O–H groups in total. The molecule has 0 saturated heterocycles. The van der Waals surface area contributed by atoms with E-state index < -0.39 is 0 Å². The minimum atomic E-state index is -0.180. The summed E-state index contributed by atoms with van der Waals surface area (Å²) in [6.07, 6.45) is 2.78. The van der Waals surface area contributed by atoms with Gasteiger partial charge in [-0.25, -0.2) is 0 Å². The van der Waals surface area contributed by atoms with Gasteiger partial charge in [-0.05, 0) is 64.3 Å². The summed E-state index contributed by atoms with van der Waals surface area (Å²) in [7, 11) is 0. The monoisotopic (exact) mass is 442 g/mol. The van der Waals surface area contributed by atoms with Crippen LogP contribution in [0.4, 0.5) is 0 Å². The standard InChI is InChI=1S/C26H38N2O4/c1-5-21(3)27(17-10-13-26(30)31-6-2)20-25(29)28(19-24-15-14-22(4)32-24)18-16-23-11-8-7-9-12-23/h7-9,11-12,14-15,21H,5-6,10,13,16-20H2,1-4H3. The molecule has 32 heavy (non-hydrogen) atoms. The highest BCUT2D eigenvalue weighted by atomic mass is 16.5. The third-order valence-electron chi connectivity index (χ3n) is 5.69. The average molecular weight is 443 g/mol. The highest BCUT2D eigenvalue weighted by Gasteiger charge is 2.22. The maximum atomic E-state index is 13.4. The first-order valence-corrected chi connectivity index (χ1v) is 11.7. The molecular formula is C26H38N2O4. The van der Waals surface area contributed by atoms with E-state index in [4.69, 9.17) is 9.15 Å². The number of furan rings is 1. The Balaban J connectivity index is 2.03. The molecule has 1 amide bonds. The van der Waals surface area contributed by atoms with Crippen LogP contribution in [0.3, 0.4) is 0 Å². The Kier molecular flexibility index (Phi) is 11.0. The Bertz CT molecular complexity index is 818. The summed E-state index contributed by atoms with van der Waals surface area (Å²) in [4.78, 5) is 29.1. The van der Waals surface area contributed by atoms with Crippen molar-refractivity contribution in [2.45, 2.75) is 66.0 Å². The third kappa shape index (κ3) is 8.87. The number of esters is 1. The molecule has 1 atom stereocenters. The molecule has 0 saturated carbocycles. The zero-order chi connectivity index (χ0) is 23.3. The molecule has 0 aliphatic heterocycles. The number of carbonyl (C=O) groups is 2. The zero-order valence-corrected chi connectivity index (χ0v) is 20.0. The van der Waals surface area contributed by atoms with Gasteiger partial charge < -0.3 is 14.1 Å². The van der Waals surface area contributed by atoms with Gasteiger partial charge in [0, 0.05) is 19.0 Å². The van der Waals surface area contributed by atoms with Crippen LogP contribution in [0.25, 0.3) is 0 Å². The largest absolute Gasteiger partial charge is 0.466 e. The fraction of sp³-hybridized carbons (Fsp3) is 0.538. The van der Waals surface area contributed by atoms with Gasteiger partial charge in [-0.15, -0.1) is 0 Å². The first-order chi connectivity index (χ1) is 15.4. The van der Waals surface area contributed by atoms with Gasteiger partial charge in [0.05, 0.1) is 19.7 Å². The predicted octanol–water partition coefficient (Wildman–Crippen LogP) is 4.60. The van der Waals surface area contributed by atoms with Gasteiger partial charge >= 0.3 is 5.97 Å². The minimum absolute atomic E-state index is 0.0754. The number of hydrogen-bond donors (Lipinski definition) is 0. The van der Waals surface area contributed by atoms with Crippen LogP contribution >= 0.6 is 0 Å². The van der Waals surface area contributed by atoms with E-state index in [1.54, 1.807) is 0 Å². The Morgan fingerprint density at radius 2 is 1.81 bits per heavy atom. The summed E-state index contributed by atoms with van der Waals surface area (Å²) >= 11 is 0. The van der Waals surface area contributed by atoms with Gasteiger partial charge in [-0.3, -0.25) is 14.5 Å². The van der Waals surface area contributed by atoms with E-state index in [2.05, 4.69) is 30.9 Å². The summed E-state index contributed by atoms with van der Waals surface area (Å²) in [6, 6.07) is 14.3. The lowest BCUT2D eigenvalue weighted by atomic mass is 10.1. The molecule has 1 aromatic carbocycles. The van der Waals surface area contributed by atoms with E-state index in [1.807, 2.05) is 49.1 Å². The Morgan fingerprint density at radius 3 is 2.44 bits per heavy atom. The molecule has 0 spiro atoms. The molecular weight excluding hydrogens is 404 g/mol. The van der Waals surface area contributed by atoms with Gasteiger partial charge in [-0.2, -0.15) is 0 Å².